The number of hydrogen-bond acceptors (Lipinski definition) is 6. The number of ketones is 1. The van der Waals surface area contributed by atoms with Crippen LogP contribution in [0.25, 0.3) is 0 Å². The second-order valence-corrected chi connectivity index (χ2v) is 9.44. The van der Waals surface area contributed by atoms with Crippen molar-refractivity contribution in [2.75, 3.05) is 25.7 Å². The van der Waals surface area contributed by atoms with Crippen LogP contribution in [0.1, 0.15) is 16.8 Å². The molecule has 7 nitrogen and oxygen atoms in total. The highest BCUT2D eigenvalue weighted by molar-refractivity contribution is 6.22. The molecule has 2 saturated carbocycles. The van der Waals surface area contributed by atoms with E-state index in [9.17, 15) is 14.4 Å². The van der Waals surface area contributed by atoms with Crippen molar-refractivity contribution >= 4 is 23.3 Å². The van der Waals surface area contributed by atoms with Gasteiger partial charge in [0.15, 0.2) is 23.9 Å². The zero-order chi connectivity index (χ0) is 23.6. The molecule has 1 aliphatic heterocycles. The Bertz CT molecular complexity index is 1180. The molecule has 6 atom stereocenters. The molecule has 2 amide bonds. The third-order valence-electron chi connectivity index (χ3n) is 7.83. The summed E-state index contributed by atoms with van der Waals surface area (Å²) in [7, 11) is 3.05. The number of ether oxygens (including phenoxy) is 3. The quantitative estimate of drug-likeness (QED) is 0.358. The molecule has 2 bridgehead atoms. The highest BCUT2D eigenvalue weighted by Crippen LogP contribution is 2.65. The average molecular weight is 459 g/mol. The molecular weight excluding hydrogens is 434 g/mol. The number of amides is 2. The first-order valence-electron chi connectivity index (χ1n) is 11.6. The number of carbonyl (C=O) groups is 3. The van der Waals surface area contributed by atoms with Crippen molar-refractivity contribution in [3.63, 3.8) is 0 Å². The van der Waals surface area contributed by atoms with Gasteiger partial charge in [0.1, 0.15) is 5.75 Å². The van der Waals surface area contributed by atoms with Crippen LogP contribution >= 0.6 is 0 Å². The summed E-state index contributed by atoms with van der Waals surface area (Å²) in [5.41, 5.74) is 1.00. The van der Waals surface area contributed by atoms with Crippen molar-refractivity contribution in [1.29, 1.82) is 0 Å². The Kier molecular flexibility index (Phi) is 4.76. The second kappa shape index (κ2) is 7.72. The van der Waals surface area contributed by atoms with Gasteiger partial charge < -0.3 is 14.2 Å². The van der Waals surface area contributed by atoms with Crippen LogP contribution in [0.4, 0.5) is 5.69 Å². The molecule has 0 spiro atoms. The first-order chi connectivity index (χ1) is 16.5. The van der Waals surface area contributed by atoms with Crippen molar-refractivity contribution in [3.05, 3.63) is 60.2 Å². The molecular formula is C27H25NO6. The summed E-state index contributed by atoms with van der Waals surface area (Å²) in [6.07, 6.45) is 5.48. The van der Waals surface area contributed by atoms with Crippen molar-refractivity contribution in [3.8, 4) is 17.2 Å². The predicted octanol–water partition coefficient (Wildman–Crippen LogP) is 3.52. The fourth-order valence-corrected chi connectivity index (χ4v) is 6.14. The molecule has 0 N–H and O–H groups in total. The SMILES string of the molecule is COc1ccc(C(=O)COc2ccc(N3C(=O)[C@@H]4[C@@H]5C=C[C@@H]([C@H]6C[C@@H]56)[C@@H]4C3=O)cc2)cc1OC. The maximum atomic E-state index is 13.2. The molecule has 1 heterocycles. The minimum Gasteiger partial charge on any atom is -0.493 e. The zero-order valence-electron chi connectivity index (χ0n) is 19.0. The molecule has 7 rings (SSSR count). The third kappa shape index (κ3) is 3.06. The number of allylic oxidation sites excluding steroid dienone is 2. The summed E-state index contributed by atoms with van der Waals surface area (Å²) in [5.74, 6) is 2.23. The maximum Gasteiger partial charge on any atom is 0.238 e. The molecule has 0 unspecified atom stereocenters. The molecule has 0 radical (unpaired) electrons. The van der Waals surface area contributed by atoms with Crippen LogP contribution < -0.4 is 19.1 Å². The van der Waals surface area contributed by atoms with Gasteiger partial charge in [0.2, 0.25) is 11.8 Å². The molecule has 0 aromatic heterocycles. The monoisotopic (exact) mass is 459 g/mol. The van der Waals surface area contributed by atoms with E-state index < -0.39 is 0 Å². The number of carbonyl (C=O) groups excluding carboxylic acids is 3. The van der Waals surface area contributed by atoms with E-state index in [1.165, 1.54) is 19.1 Å². The zero-order valence-corrected chi connectivity index (χ0v) is 19.0. The molecule has 2 aromatic carbocycles. The van der Waals surface area contributed by atoms with E-state index in [-0.39, 0.29) is 47.9 Å². The molecule has 2 aromatic rings. The van der Waals surface area contributed by atoms with E-state index in [0.29, 0.717) is 40.3 Å². The highest BCUT2D eigenvalue weighted by atomic mass is 16.5. The minimum absolute atomic E-state index is 0.0861. The Labute approximate surface area is 197 Å². The van der Waals surface area contributed by atoms with Gasteiger partial charge in [-0.05, 0) is 72.6 Å². The summed E-state index contributed by atoms with van der Waals surface area (Å²) in [6.45, 7) is -0.154. The Morgan fingerprint density at radius 3 is 2.09 bits per heavy atom. The van der Waals surface area contributed by atoms with Crippen LogP contribution in [0, 0.1) is 35.5 Å². The van der Waals surface area contributed by atoms with Crippen molar-refractivity contribution in [1.82, 2.24) is 0 Å². The standard InChI is InChI=1S/C27H25NO6/c1-32-22-10-3-14(11-23(22)33-2)21(29)13-34-16-6-4-15(5-7-16)28-26(30)24-17-8-9-18(20-12-19(17)20)25(24)27(28)31/h3-11,17-20,24-25H,12-13H2,1-2H3/t17-,18+,19+,20-,24-,25+. The topological polar surface area (TPSA) is 82.1 Å². The smallest absolute Gasteiger partial charge is 0.238 e. The number of hydrogen-bond donors (Lipinski definition) is 0. The van der Waals surface area contributed by atoms with Gasteiger partial charge in [-0.25, -0.2) is 0 Å². The van der Waals surface area contributed by atoms with E-state index in [1.807, 2.05) is 0 Å². The largest absolute Gasteiger partial charge is 0.493 e. The fraction of sp³-hybridized carbons (Fsp3) is 0.370. The summed E-state index contributed by atoms with van der Waals surface area (Å²) in [5, 5.41) is 0. The van der Waals surface area contributed by atoms with Crippen LogP contribution in [-0.4, -0.2) is 38.4 Å². The number of nitrogens with zero attached hydrogens (tertiary/aromatic N) is 1. The lowest BCUT2D eigenvalue weighted by atomic mass is 9.63. The normalized spacial score (nSPS) is 30.1. The van der Waals surface area contributed by atoms with Crippen LogP contribution in [0.2, 0.25) is 0 Å². The van der Waals surface area contributed by atoms with Gasteiger partial charge in [0.25, 0.3) is 0 Å². The van der Waals surface area contributed by atoms with Crippen LogP contribution in [0.15, 0.2) is 54.6 Å². The van der Waals surface area contributed by atoms with E-state index in [2.05, 4.69) is 12.2 Å². The van der Waals surface area contributed by atoms with Crippen LogP contribution in [0.3, 0.4) is 0 Å². The minimum atomic E-state index is -0.221. The van der Waals surface area contributed by atoms with Crippen molar-refractivity contribution in [2.24, 2.45) is 35.5 Å². The maximum absolute atomic E-state index is 13.2. The van der Waals surface area contributed by atoms with Crippen molar-refractivity contribution < 1.29 is 28.6 Å². The molecule has 34 heavy (non-hydrogen) atoms. The number of Topliss-reactive ketones (excluding diaryl/α,β-unsaturated/α-hetero) is 1. The van der Waals surface area contributed by atoms with Gasteiger partial charge in [-0.2, -0.15) is 0 Å². The Balaban J connectivity index is 1.13. The van der Waals surface area contributed by atoms with Gasteiger partial charge in [0, 0.05) is 5.56 Å². The molecule has 7 heteroatoms. The lowest BCUT2D eigenvalue weighted by molar-refractivity contribution is -0.124. The number of benzene rings is 2. The van der Waals surface area contributed by atoms with Crippen LogP contribution in [0.5, 0.6) is 17.2 Å². The summed E-state index contributed by atoms with van der Waals surface area (Å²) in [4.78, 5) is 40.4. The number of anilines is 1. The van der Waals surface area contributed by atoms with Gasteiger partial charge in [-0.3, -0.25) is 19.3 Å². The van der Waals surface area contributed by atoms with E-state index in [0.717, 1.165) is 6.42 Å². The van der Waals surface area contributed by atoms with E-state index >= 15 is 0 Å². The summed E-state index contributed by atoms with van der Waals surface area (Å²) >= 11 is 0. The molecule has 4 aliphatic carbocycles. The molecule has 3 fully saturated rings. The van der Waals surface area contributed by atoms with Crippen molar-refractivity contribution in [2.45, 2.75) is 6.42 Å². The van der Waals surface area contributed by atoms with Gasteiger partial charge >= 0.3 is 0 Å². The first kappa shape index (κ1) is 21.0. The van der Waals surface area contributed by atoms with E-state index in [4.69, 9.17) is 14.2 Å². The Morgan fingerprint density at radius 2 is 1.50 bits per heavy atom. The fourth-order valence-electron chi connectivity index (χ4n) is 6.14. The summed E-state index contributed by atoms with van der Waals surface area (Å²) in [6, 6.07) is 11.7. The second-order valence-electron chi connectivity index (χ2n) is 9.44. The first-order valence-corrected chi connectivity index (χ1v) is 11.6. The lowest BCUT2D eigenvalue weighted by Crippen LogP contribution is -2.40. The number of rotatable bonds is 7. The molecule has 5 aliphatic rings. The van der Waals surface area contributed by atoms with E-state index in [1.54, 1.807) is 42.5 Å². The van der Waals surface area contributed by atoms with Crippen LogP contribution in [-0.2, 0) is 9.59 Å². The Morgan fingerprint density at radius 1 is 0.882 bits per heavy atom. The molecule has 1 saturated heterocycles. The van der Waals surface area contributed by atoms with Gasteiger partial charge in [0.05, 0.1) is 31.7 Å². The number of methoxy groups -OCH3 is 2. The van der Waals surface area contributed by atoms with Gasteiger partial charge in [-0.15, -0.1) is 0 Å². The predicted molar refractivity (Wildman–Crippen MR) is 123 cm³/mol. The lowest BCUT2D eigenvalue weighted by Gasteiger charge is -2.37. The third-order valence-corrected chi connectivity index (χ3v) is 7.83. The highest BCUT2D eigenvalue weighted by Gasteiger charge is 2.67. The van der Waals surface area contributed by atoms with Gasteiger partial charge in [-0.1, -0.05) is 12.2 Å². The molecule has 174 valence electrons. The summed E-state index contributed by atoms with van der Waals surface area (Å²) < 4.78 is 16.1. The number of imide groups is 1. The Hall–Kier alpha value is -3.61. The average Bonchev–Trinajstić information content (AvgIpc) is 3.65.